The molecule has 1 aliphatic rings. The predicted octanol–water partition coefficient (Wildman–Crippen LogP) is 3.33. The van der Waals surface area contributed by atoms with Crippen LogP contribution in [0.15, 0.2) is 42.6 Å². The molecule has 0 bridgehead atoms. The summed E-state index contributed by atoms with van der Waals surface area (Å²) >= 11 is 0. The fraction of sp³-hybridized carbons (Fsp3) is 0.353. The average Bonchev–Trinajstić information content (AvgIpc) is 2.96. The normalized spacial score (nSPS) is 15.9. The van der Waals surface area contributed by atoms with Gasteiger partial charge in [-0.3, -0.25) is 4.90 Å². The summed E-state index contributed by atoms with van der Waals surface area (Å²) in [5.74, 6) is 0. The third-order valence-electron chi connectivity index (χ3n) is 3.94. The first-order chi connectivity index (χ1) is 9.86. The Kier molecular flexibility index (Phi) is 3.85. The number of hydrogen-bond acceptors (Lipinski definition) is 2. The van der Waals surface area contributed by atoms with E-state index in [1.807, 2.05) is 24.3 Å². The number of rotatable bonds is 3. The lowest BCUT2D eigenvalue weighted by Gasteiger charge is -2.26. The first kappa shape index (κ1) is 13.0. The van der Waals surface area contributed by atoms with Gasteiger partial charge in [-0.15, -0.1) is 0 Å². The molecule has 0 amide bonds. The van der Waals surface area contributed by atoms with Gasteiger partial charge in [-0.2, -0.15) is 5.26 Å². The van der Waals surface area contributed by atoms with E-state index in [0.29, 0.717) is 5.56 Å². The van der Waals surface area contributed by atoms with Crippen LogP contribution < -0.4 is 0 Å². The summed E-state index contributed by atoms with van der Waals surface area (Å²) < 4.78 is 2.22. The molecule has 1 saturated heterocycles. The maximum atomic E-state index is 8.87. The second kappa shape index (κ2) is 5.94. The Bertz CT molecular complexity index is 598. The van der Waals surface area contributed by atoms with E-state index in [0.717, 1.165) is 12.2 Å². The molecule has 3 nitrogen and oxygen atoms in total. The zero-order valence-electron chi connectivity index (χ0n) is 11.6. The monoisotopic (exact) mass is 265 g/mol. The van der Waals surface area contributed by atoms with Gasteiger partial charge in [0.1, 0.15) is 0 Å². The van der Waals surface area contributed by atoms with Crippen molar-refractivity contribution in [2.45, 2.75) is 25.8 Å². The first-order valence-corrected chi connectivity index (χ1v) is 7.26. The minimum Gasteiger partial charge on any atom is -0.320 e. The van der Waals surface area contributed by atoms with E-state index >= 15 is 0 Å². The predicted molar refractivity (Wildman–Crippen MR) is 79.6 cm³/mol. The molecule has 2 aromatic rings. The van der Waals surface area contributed by atoms with Crippen molar-refractivity contribution >= 4 is 0 Å². The van der Waals surface area contributed by atoms with Crippen LogP contribution in [0.2, 0.25) is 0 Å². The van der Waals surface area contributed by atoms with Crippen LogP contribution in [-0.4, -0.2) is 22.6 Å². The SMILES string of the molecule is N#Cc1ccc(-n2cccc2CN2CCCCC2)cc1. The van der Waals surface area contributed by atoms with Crippen LogP contribution in [-0.2, 0) is 6.54 Å². The number of benzene rings is 1. The van der Waals surface area contributed by atoms with Crippen molar-refractivity contribution in [3.63, 3.8) is 0 Å². The van der Waals surface area contributed by atoms with Crippen LogP contribution in [0.25, 0.3) is 5.69 Å². The quantitative estimate of drug-likeness (QED) is 0.852. The van der Waals surface area contributed by atoms with Crippen molar-refractivity contribution in [1.82, 2.24) is 9.47 Å². The van der Waals surface area contributed by atoms with Crippen molar-refractivity contribution < 1.29 is 0 Å². The Morgan fingerprint density at radius 2 is 1.75 bits per heavy atom. The molecule has 1 fully saturated rings. The molecule has 3 rings (SSSR count). The van der Waals surface area contributed by atoms with Gasteiger partial charge in [0.05, 0.1) is 11.6 Å². The summed E-state index contributed by atoms with van der Waals surface area (Å²) in [6, 6.07) is 14.2. The van der Waals surface area contributed by atoms with E-state index < -0.39 is 0 Å². The Morgan fingerprint density at radius 1 is 1.00 bits per heavy atom. The standard InChI is InChI=1S/C17H19N3/c18-13-15-6-8-16(9-7-15)20-12-4-5-17(20)14-19-10-2-1-3-11-19/h4-9,12H,1-3,10-11,14H2. The molecule has 2 heterocycles. The Morgan fingerprint density at radius 3 is 2.45 bits per heavy atom. The lowest BCUT2D eigenvalue weighted by Crippen LogP contribution is -2.29. The first-order valence-electron chi connectivity index (χ1n) is 7.26. The second-order valence-electron chi connectivity index (χ2n) is 5.37. The van der Waals surface area contributed by atoms with E-state index in [-0.39, 0.29) is 0 Å². The van der Waals surface area contributed by atoms with E-state index in [9.17, 15) is 0 Å². The Balaban J connectivity index is 1.80. The summed E-state index contributed by atoms with van der Waals surface area (Å²) in [6.07, 6.45) is 6.10. The maximum Gasteiger partial charge on any atom is 0.0991 e. The fourth-order valence-electron chi connectivity index (χ4n) is 2.84. The molecule has 102 valence electrons. The highest BCUT2D eigenvalue weighted by atomic mass is 15.1. The van der Waals surface area contributed by atoms with Crippen molar-refractivity contribution in [3.05, 3.63) is 53.9 Å². The number of piperidine rings is 1. The molecule has 3 heteroatoms. The molecule has 0 saturated carbocycles. The Hall–Kier alpha value is -2.05. The second-order valence-corrected chi connectivity index (χ2v) is 5.37. The van der Waals surface area contributed by atoms with Gasteiger partial charge in [-0.25, -0.2) is 0 Å². The molecule has 0 atom stereocenters. The van der Waals surface area contributed by atoms with Gasteiger partial charge in [-0.1, -0.05) is 6.42 Å². The highest BCUT2D eigenvalue weighted by Gasteiger charge is 2.12. The van der Waals surface area contributed by atoms with Crippen molar-refractivity contribution in [1.29, 1.82) is 5.26 Å². The van der Waals surface area contributed by atoms with Crippen molar-refractivity contribution in [2.75, 3.05) is 13.1 Å². The van der Waals surface area contributed by atoms with Gasteiger partial charge in [0.2, 0.25) is 0 Å². The van der Waals surface area contributed by atoms with E-state index in [1.54, 1.807) is 0 Å². The molecule has 0 radical (unpaired) electrons. The highest BCUT2D eigenvalue weighted by Crippen LogP contribution is 2.17. The minimum absolute atomic E-state index is 0.707. The van der Waals surface area contributed by atoms with E-state index in [1.165, 1.54) is 38.0 Å². The molecule has 1 aromatic heterocycles. The molecule has 20 heavy (non-hydrogen) atoms. The van der Waals surface area contributed by atoms with Gasteiger partial charge in [-0.05, 0) is 62.3 Å². The van der Waals surface area contributed by atoms with Gasteiger partial charge < -0.3 is 4.57 Å². The molecule has 1 aliphatic heterocycles. The number of hydrogen-bond donors (Lipinski definition) is 0. The summed E-state index contributed by atoms with van der Waals surface area (Å²) in [5.41, 5.74) is 3.15. The molecule has 0 unspecified atom stereocenters. The summed E-state index contributed by atoms with van der Waals surface area (Å²) in [6.45, 7) is 3.42. The zero-order valence-corrected chi connectivity index (χ0v) is 11.6. The molecule has 0 N–H and O–H groups in total. The van der Waals surface area contributed by atoms with Crippen LogP contribution >= 0.6 is 0 Å². The number of likely N-dealkylation sites (tertiary alicyclic amines) is 1. The van der Waals surface area contributed by atoms with Crippen LogP contribution in [0.4, 0.5) is 0 Å². The van der Waals surface area contributed by atoms with Gasteiger partial charge in [0, 0.05) is 24.1 Å². The third-order valence-corrected chi connectivity index (χ3v) is 3.94. The highest BCUT2D eigenvalue weighted by molar-refractivity contribution is 5.41. The Labute approximate surface area is 120 Å². The largest absolute Gasteiger partial charge is 0.320 e. The zero-order chi connectivity index (χ0) is 13.8. The molecular formula is C17H19N3. The van der Waals surface area contributed by atoms with Crippen LogP contribution in [0.5, 0.6) is 0 Å². The van der Waals surface area contributed by atoms with E-state index in [2.05, 4.69) is 33.9 Å². The van der Waals surface area contributed by atoms with Crippen molar-refractivity contribution in [2.24, 2.45) is 0 Å². The molecule has 1 aromatic carbocycles. The van der Waals surface area contributed by atoms with Gasteiger partial charge in [0.25, 0.3) is 0 Å². The van der Waals surface area contributed by atoms with Crippen molar-refractivity contribution in [3.8, 4) is 11.8 Å². The van der Waals surface area contributed by atoms with E-state index in [4.69, 9.17) is 5.26 Å². The topological polar surface area (TPSA) is 32.0 Å². The van der Waals surface area contributed by atoms with Crippen LogP contribution in [0.1, 0.15) is 30.5 Å². The minimum atomic E-state index is 0.707. The van der Waals surface area contributed by atoms with Gasteiger partial charge in [0.15, 0.2) is 0 Å². The lowest BCUT2D eigenvalue weighted by molar-refractivity contribution is 0.217. The number of aromatic nitrogens is 1. The molecular weight excluding hydrogens is 246 g/mol. The van der Waals surface area contributed by atoms with Crippen LogP contribution in [0, 0.1) is 11.3 Å². The summed E-state index contributed by atoms with van der Waals surface area (Å²) in [4.78, 5) is 2.53. The number of nitrogens with zero attached hydrogens (tertiary/aromatic N) is 3. The summed E-state index contributed by atoms with van der Waals surface area (Å²) in [5, 5.41) is 8.87. The fourth-order valence-corrected chi connectivity index (χ4v) is 2.84. The molecule has 0 spiro atoms. The third kappa shape index (κ3) is 2.76. The van der Waals surface area contributed by atoms with Gasteiger partial charge >= 0.3 is 0 Å². The average molecular weight is 265 g/mol. The molecule has 0 aliphatic carbocycles. The maximum absolute atomic E-state index is 8.87. The summed E-state index contributed by atoms with van der Waals surface area (Å²) in [7, 11) is 0. The lowest BCUT2D eigenvalue weighted by atomic mass is 10.1. The van der Waals surface area contributed by atoms with Crippen LogP contribution in [0.3, 0.4) is 0 Å². The number of nitriles is 1. The smallest absolute Gasteiger partial charge is 0.0991 e.